The van der Waals surface area contributed by atoms with Gasteiger partial charge in [-0.25, -0.2) is 9.59 Å². The Hall–Kier alpha value is -2.27. The summed E-state index contributed by atoms with van der Waals surface area (Å²) < 4.78 is 6.73. The van der Waals surface area contributed by atoms with Gasteiger partial charge in [0.1, 0.15) is 5.69 Å². The molecule has 0 aliphatic heterocycles. The first-order valence-electron chi connectivity index (χ1n) is 7.22. The van der Waals surface area contributed by atoms with Gasteiger partial charge in [0.15, 0.2) is 0 Å². The number of benzene rings is 1. The highest BCUT2D eigenvalue weighted by molar-refractivity contribution is 6.31. The molecule has 0 fully saturated rings. The lowest BCUT2D eigenvalue weighted by Crippen LogP contribution is -2.15. The first kappa shape index (κ1) is 17.1. The summed E-state index contributed by atoms with van der Waals surface area (Å²) in [5, 5.41) is 9.99. The molecule has 122 valence electrons. The van der Waals surface area contributed by atoms with Crippen molar-refractivity contribution < 1.29 is 19.4 Å². The molecular formula is C17H18ClNO4. The lowest BCUT2D eigenvalue weighted by Gasteiger charge is -2.12. The molecule has 0 unspecified atom stereocenters. The molecule has 0 saturated heterocycles. The predicted octanol–water partition coefficient (Wildman–Crippen LogP) is 3.68. The molecule has 1 N–H and O–H groups in total. The number of aromatic nitrogens is 1. The van der Waals surface area contributed by atoms with Crippen LogP contribution in [0.5, 0.6) is 0 Å². The second-order valence-electron chi connectivity index (χ2n) is 5.14. The van der Waals surface area contributed by atoms with Gasteiger partial charge in [-0.1, -0.05) is 29.8 Å². The van der Waals surface area contributed by atoms with Gasteiger partial charge >= 0.3 is 11.9 Å². The normalized spacial score (nSPS) is 10.6. The number of carbonyl (C=O) groups excluding carboxylic acids is 1. The number of esters is 1. The maximum absolute atomic E-state index is 12.3. The molecule has 2 aromatic rings. The SMILES string of the molecule is CCOC(=O)c1c(C)c(C(=O)O)c(C)n1Cc1ccccc1Cl. The second kappa shape index (κ2) is 6.87. The van der Waals surface area contributed by atoms with Gasteiger partial charge < -0.3 is 14.4 Å². The van der Waals surface area contributed by atoms with Crippen LogP contribution in [0, 0.1) is 13.8 Å². The van der Waals surface area contributed by atoms with Crippen molar-refractivity contribution in [3.8, 4) is 0 Å². The molecule has 0 bridgehead atoms. The van der Waals surface area contributed by atoms with Crippen LogP contribution < -0.4 is 0 Å². The Balaban J connectivity index is 2.61. The van der Waals surface area contributed by atoms with Crippen LogP contribution in [-0.2, 0) is 11.3 Å². The first-order chi connectivity index (χ1) is 10.9. The molecular weight excluding hydrogens is 318 g/mol. The number of carboxylic acids is 1. The molecule has 0 spiro atoms. The van der Waals surface area contributed by atoms with Crippen molar-refractivity contribution in [3.05, 3.63) is 57.4 Å². The van der Waals surface area contributed by atoms with Crippen LogP contribution in [0.1, 0.15) is 44.6 Å². The van der Waals surface area contributed by atoms with Gasteiger partial charge in [-0.3, -0.25) is 0 Å². The Bertz CT molecular complexity index is 764. The van der Waals surface area contributed by atoms with E-state index in [4.69, 9.17) is 16.3 Å². The molecule has 5 nitrogen and oxygen atoms in total. The molecule has 2 rings (SSSR count). The van der Waals surface area contributed by atoms with Gasteiger partial charge in [-0.2, -0.15) is 0 Å². The van der Waals surface area contributed by atoms with Crippen LogP contribution in [0.25, 0.3) is 0 Å². The number of rotatable bonds is 5. The zero-order valence-corrected chi connectivity index (χ0v) is 14.0. The van der Waals surface area contributed by atoms with Crippen LogP contribution in [0.3, 0.4) is 0 Å². The van der Waals surface area contributed by atoms with Crippen molar-refractivity contribution in [1.29, 1.82) is 0 Å². The zero-order valence-electron chi connectivity index (χ0n) is 13.2. The number of aromatic carboxylic acids is 1. The summed E-state index contributed by atoms with van der Waals surface area (Å²) in [7, 11) is 0. The van der Waals surface area contributed by atoms with Crippen LogP contribution in [0.2, 0.25) is 5.02 Å². The molecule has 1 heterocycles. The first-order valence-corrected chi connectivity index (χ1v) is 7.59. The minimum Gasteiger partial charge on any atom is -0.478 e. The summed E-state index contributed by atoms with van der Waals surface area (Å²) in [6.45, 7) is 5.52. The van der Waals surface area contributed by atoms with E-state index in [0.29, 0.717) is 22.8 Å². The quantitative estimate of drug-likeness (QED) is 0.846. The van der Waals surface area contributed by atoms with Gasteiger partial charge in [-0.05, 0) is 38.0 Å². The third-order valence-electron chi connectivity index (χ3n) is 3.74. The van der Waals surface area contributed by atoms with Gasteiger partial charge in [0.05, 0.1) is 12.2 Å². The van der Waals surface area contributed by atoms with E-state index in [2.05, 4.69) is 0 Å². The monoisotopic (exact) mass is 335 g/mol. The van der Waals surface area contributed by atoms with E-state index in [1.807, 2.05) is 18.2 Å². The molecule has 0 saturated carbocycles. The molecule has 0 radical (unpaired) electrons. The number of carbonyl (C=O) groups is 2. The lowest BCUT2D eigenvalue weighted by atomic mass is 10.1. The summed E-state index contributed by atoms with van der Waals surface area (Å²) >= 11 is 6.18. The summed E-state index contributed by atoms with van der Waals surface area (Å²) in [6.07, 6.45) is 0. The Morgan fingerprint density at radius 2 is 1.91 bits per heavy atom. The summed E-state index contributed by atoms with van der Waals surface area (Å²) in [5.74, 6) is -1.60. The topological polar surface area (TPSA) is 68.5 Å². The van der Waals surface area contributed by atoms with Crippen molar-refractivity contribution >= 4 is 23.5 Å². The van der Waals surface area contributed by atoms with Gasteiger partial charge in [0, 0.05) is 17.3 Å². The van der Waals surface area contributed by atoms with E-state index >= 15 is 0 Å². The van der Waals surface area contributed by atoms with Crippen molar-refractivity contribution in [3.63, 3.8) is 0 Å². The minimum absolute atomic E-state index is 0.125. The van der Waals surface area contributed by atoms with Crippen molar-refractivity contribution in [2.45, 2.75) is 27.3 Å². The highest BCUT2D eigenvalue weighted by atomic mass is 35.5. The summed E-state index contributed by atoms with van der Waals surface area (Å²) in [6, 6.07) is 7.25. The highest BCUT2D eigenvalue weighted by Gasteiger charge is 2.27. The molecule has 1 aromatic carbocycles. The Labute approximate surface area is 139 Å². The second-order valence-corrected chi connectivity index (χ2v) is 5.54. The molecule has 0 aliphatic rings. The van der Waals surface area contributed by atoms with E-state index < -0.39 is 11.9 Å². The predicted molar refractivity (Wildman–Crippen MR) is 87.4 cm³/mol. The molecule has 0 aliphatic carbocycles. The highest BCUT2D eigenvalue weighted by Crippen LogP contribution is 2.26. The number of ether oxygens (including phenoxy) is 1. The molecule has 23 heavy (non-hydrogen) atoms. The number of hydrogen-bond donors (Lipinski definition) is 1. The molecule has 1 aromatic heterocycles. The minimum atomic E-state index is -1.07. The van der Waals surface area contributed by atoms with Crippen molar-refractivity contribution in [2.75, 3.05) is 6.61 Å². The maximum atomic E-state index is 12.3. The number of carboxylic acid groups (broad SMARTS) is 1. The largest absolute Gasteiger partial charge is 0.478 e. The number of halogens is 1. The zero-order chi connectivity index (χ0) is 17.1. The Morgan fingerprint density at radius 3 is 2.48 bits per heavy atom. The standard InChI is InChI=1S/C17H18ClNO4/c1-4-23-17(22)15-10(2)14(16(20)21)11(3)19(15)9-12-7-5-6-8-13(12)18/h5-8H,4,9H2,1-3H3,(H,20,21). The third kappa shape index (κ3) is 3.24. The average Bonchev–Trinajstić information content (AvgIpc) is 2.72. The van der Waals surface area contributed by atoms with E-state index in [9.17, 15) is 14.7 Å². The fourth-order valence-electron chi connectivity index (χ4n) is 2.67. The summed E-state index contributed by atoms with van der Waals surface area (Å²) in [4.78, 5) is 23.8. The fraction of sp³-hybridized carbons (Fsp3) is 0.294. The molecule has 0 atom stereocenters. The summed E-state index contributed by atoms with van der Waals surface area (Å²) in [5.41, 5.74) is 2.08. The lowest BCUT2D eigenvalue weighted by molar-refractivity contribution is 0.0513. The van der Waals surface area contributed by atoms with E-state index in [-0.39, 0.29) is 17.9 Å². The smallest absolute Gasteiger partial charge is 0.355 e. The molecule has 0 amide bonds. The fourth-order valence-corrected chi connectivity index (χ4v) is 2.86. The van der Waals surface area contributed by atoms with Crippen molar-refractivity contribution in [2.24, 2.45) is 0 Å². The van der Waals surface area contributed by atoms with Crippen LogP contribution in [-0.4, -0.2) is 28.2 Å². The van der Waals surface area contributed by atoms with Gasteiger partial charge in [-0.15, -0.1) is 0 Å². The van der Waals surface area contributed by atoms with Crippen LogP contribution in [0.15, 0.2) is 24.3 Å². The Morgan fingerprint density at radius 1 is 1.26 bits per heavy atom. The Kier molecular flexibility index (Phi) is 5.11. The average molecular weight is 336 g/mol. The maximum Gasteiger partial charge on any atom is 0.355 e. The third-order valence-corrected chi connectivity index (χ3v) is 4.10. The van der Waals surface area contributed by atoms with E-state index in [1.165, 1.54) is 0 Å². The van der Waals surface area contributed by atoms with Gasteiger partial charge in [0.2, 0.25) is 0 Å². The van der Waals surface area contributed by atoms with E-state index in [0.717, 1.165) is 5.56 Å². The van der Waals surface area contributed by atoms with E-state index in [1.54, 1.807) is 31.4 Å². The van der Waals surface area contributed by atoms with Crippen LogP contribution >= 0.6 is 11.6 Å². The number of hydrogen-bond acceptors (Lipinski definition) is 3. The number of nitrogens with zero attached hydrogens (tertiary/aromatic N) is 1. The van der Waals surface area contributed by atoms with Gasteiger partial charge in [0.25, 0.3) is 0 Å². The molecule has 6 heteroatoms. The van der Waals surface area contributed by atoms with Crippen molar-refractivity contribution in [1.82, 2.24) is 4.57 Å². The van der Waals surface area contributed by atoms with Crippen LogP contribution in [0.4, 0.5) is 0 Å².